The lowest BCUT2D eigenvalue weighted by Gasteiger charge is -2.19. The molecule has 0 aliphatic heterocycles. The molecule has 0 saturated carbocycles. The lowest BCUT2D eigenvalue weighted by molar-refractivity contribution is 0.102. The highest BCUT2D eigenvalue weighted by Gasteiger charge is 2.23. The third kappa shape index (κ3) is 4.15. The van der Waals surface area contributed by atoms with Gasteiger partial charge in [0.05, 0.1) is 17.7 Å². The second-order valence-electron chi connectivity index (χ2n) is 5.12. The molecule has 1 heterocycles. The summed E-state index contributed by atoms with van der Waals surface area (Å²) < 4.78 is 31.9. The first-order chi connectivity index (χ1) is 11.9. The summed E-state index contributed by atoms with van der Waals surface area (Å²) in [5.41, 5.74) is 0.493. The summed E-state index contributed by atoms with van der Waals surface area (Å²) in [6.07, 6.45) is 1.51. The third-order valence-electron chi connectivity index (χ3n) is 3.66. The molecule has 0 radical (unpaired) electrons. The van der Waals surface area contributed by atoms with Gasteiger partial charge in [-0.3, -0.25) is 9.78 Å². The molecule has 1 amide bonds. The first-order valence-electron chi connectivity index (χ1n) is 7.84. The Morgan fingerprint density at radius 1 is 1.20 bits per heavy atom. The lowest BCUT2D eigenvalue weighted by atomic mass is 10.2. The number of pyridine rings is 1. The Balaban J connectivity index is 2.39. The second-order valence-corrected chi connectivity index (χ2v) is 7.06. The molecule has 0 aliphatic rings. The standard InChI is InChI=1S/C17H21N3O4S/c1-4-20(5-2)25(22,23)13-9-10-16(24-3)15(12-13)19-17(21)14-8-6-7-11-18-14/h6-12H,4-5H2,1-3H3,(H,19,21). The van der Waals surface area contributed by atoms with Gasteiger partial charge in [-0.2, -0.15) is 4.31 Å². The van der Waals surface area contributed by atoms with Gasteiger partial charge >= 0.3 is 0 Å². The van der Waals surface area contributed by atoms with Gasteiger partial charge in [0, 0.05) is 19.3 Å². The number of hydrogen-bond donors (Lipinski definition) is 1. The Labute approximate surface area is 147 Å². The first kappa shape index (κ1) is 18.9. The summed E-state index contributed by atoms with van der Waals surface area (Å²) in [6.45, 7) is 4.27. The number of carbonyl (C=O) groups is 1. The van der Waals surface area contributed by atoms with Gasteiger partial charge in [-0.05, 0) is 30.3 Å². The summed E-state index contributed by atoms with van der Waals surface area (Å²) in [5, 5.41) is 2.66. The number of nitrogens with one attached hydrogen (secondary N) is 1. The zero-order valence-electron chi connectivity index (χ0n) is 14.4. The van der Waals surface area contributed by atoms with E-state index in [1.807, 2.05) is 0 Å². The molecule has 0 unspecified atom stereocenters. The lowest BCUT2D eigenvalue weighted by Crippen LogP contribution is -2.30. The molecule has 0 saturated heterocycles. The zero-order valence-corrected chi connectivity index (χ0v) is 15.2. The van der Waals surface area contributed by atoms with Crippen LogP contribution in [0.1, 0.15) is 24.3 Å². The van der Waals surface area contributed by atoms with Crippen LogP contribution in [0.3, 0.4) is 0 Å². The van der Waals surface area contributed by atoms with Crippen molar-refractivity contribution in [3.05, 3.63) is 48.3 Å². The highest BCUT2D eigenvalue weighted by atomic mass is 32.2. The highest BCUT2D eigenvalue weighted by molar-refractivity contribution is 7.89. The first-order valence-corrected chi connectivity index (χ1v) is 9.28. The fourth-order valence-corrected chi connectivity index (χ4v) is 3.83. The van der Waals surface area contributed by atoms with E-state index in [2.05, 4.69) is 10.3 Å². The molecular weight excluding hydrogens is 342 g/mol. The van der Waals surface area contributed by atoms with Crippen LogP contribution in [0.25, 0.3) is 0 Å². The van der Waals surface area contributed by atoms with E-state index in [4.69, 9.17) is 4.74 Å². The fraction of sp³-hybridized carbons (Fsp3) is 0.294. The summed E-state index contributed by atoms with van der Waals surface area (Å²) >= 11 is 0. The highest BCUT2D eigenvalue weighted by Crippen LogP contribution is 2.29. The van der Waals surface area contributed by atoms with E-state index < -0.39 is 15.9 Å². The number of nitrogens with zero attached hydrogens (tertiary/aromatic N) is 2. The Kier molecular flexibility index (Phi) is 6.11. The molecule has 0 spiro atoms. The number of methoxy groups -OCH3 is 1. The van der Waals surface area contributed by atoms with Gasteiger partial charge in [0.1, 0.15) is 11.4 Å². The molecule has 134 valence electrons. The minimum absolute atomic E-state index is 0.0910. The molecule has 0 bridgehead atoms. The van der Waals surface area contributed by atoms with Crippen LogP contribution in [-0.2, 0) is 10.0 Å². The maximum absolute atomic E-state index is 12.7. The van der Waals surface area contributed by atoms with Crippen LogP contribution in [0.15, 0.2) is 47.5 Å². The number of benzene rings is 1. The van der Waals surface area contributed by atoms with E-state index in [0.717, 1.165) is 0 Å². The van der Waals surface area contributed by atoms with E-state index in [1.165, 1.54) is 35.8 Å². The number of aromatic nitrogens is 1. The fourth-order valence-electron chi connectivity index (χ4n) is 2.34. The molecule has 0 aliphatic carbocycles. The molecule has 0 fully saturated rings. The van der Waals surface area contributed by atoms with Gasteiger partial charge in [0.2, 0.25) is 10.0 Å². The van der Waals surface area contributed by atoms with Crippen LogP contribution >= 0.6 is 0 Å². The van der Waals surface area contributed by atoms with E-state index in [9.17, 15) is 13.2 Å². The maximum Gasteiger partial charge on any atom is 0.274 e. The molecule has 1 aromatic heterocycles. The monoisotopic (exact) mass is 363 g/mol. The summed E-state index contributed by atoms with van der Waals surface area (Å²) in [4.78, 5) is 16.4. The van der Waals surface area contributed by atoms with Crippen molar-refractivity contribution >= 4 is 21.6 Å². The van der Waals surface area contributed by atoms with Gasteiger partial charge in [0.25, 0.3) is 5.91 Å². The van der Waals surface area contributed by atoms with Gasteiger partial charge < -0.3 is 10.1 Å². The van der Waals surface area contributed by atoms with E-state index in [-0.39, 0.29) is 16.3 Å². The topological polar surface area (TPSA) is 88.6 Å². The molecule has 2 rings (SSSR count). The third-order valence-corrected chi connectivity index (χ3v) is 5.71. The van der Waals surface area contributed by atoms with E-state index >= 15 is 0 Å². The van der Waals surface area contributed by atoms with Crippen molar-refractivity contribution in [3.63, 3.8) is 0 Å². The van der Waals surface area contributed by atoms with Gasteiger partial charge in [0.15, 0.2) is 0 Å². The van der Waals surface area contributed by atoms with Crippen LogP contribution in [-0.4, -0.2) is 43.8 Å². The quantitative estimate of drug-likeness (QED) is 0.816. The molecule has 1 N–H and O–H groups in total. The van der Waals surface area contributed by atoms with Crippen molar-refractivity contribution in [2.75, 3.05) is 25.5 Å². The molecule has 7 nitrogen and oxygen atoms in total. The maximum atomic E-state index is 12.7. The SMILES string of the molecule is CCN(CC)S(=O)(=O)c1ccc(OC)c(NC(=O)c2ccccn2)c1. The van der Waals surface area contributed by atoms with Crippen molar-refractivity contribution < 1.29 is 17.9 Å². The number of rotatable bonds is 7. The van der Waals surface area contributed by atoms with Crippen LogP contribution in [0.4, 0.5) is 5.69 Å². The molecule has 0 atom stereocenters. The van der Waals surface area contributed by atoms with Gasteiger partial charge in [-0.15, -0.1) is 0 Å². The molecule has 25 heavy (non-hydrogen) atoms. The predicted octanol–water partition coefficient (Wildman–Crippen LogP) is 2.37. The summed E-state index contributed by atoms with van der Waals surface area (Å²) in [7, 11) is -2.19. The van der Waals surface area contributed by atoms with Crippen LogP contribution in [0.2, 0.25) is 0 Å². The minimum atomic E-state index is -3.64. The number of hydrogen-bond acceptors (Lipinski definition) is 5. The van der Waals surface area contributed by atoms with Crippen molar-refractivity contribution in [1.82, 2.24) is 9.29 Å². The zero-order chi connectivity index (χ0) is 18.4. The Morgan fingerprint density at radius 2 is 1.92 bits per heavy atom. The minimum Gasteiger partial charge on any atom is -0.495 e. The van der Waals surface area contributed by atoms with Gasteiger partial charge in [-0.1, -0.05) is 19.9 Å². The summed E-state index contributed by atoms with van der Waals surface area (Å²) in [5.74, 6) is -0.0842. The average molecular weight is 363 g/mol. The number of anilines is 1. The number of amides is 1. The Hall–Kier alpha value is -2.45. The Morgan fingerprint density at radius 3 is 2.48 bits per heavy atom. The molecule has 2 aromatic rings. The molecule has 1 aromatic carbocycles. The summed E-state index contributed by atoms with van der Waals surface area (Å²) in [6, 6.07) is 9.34. The van der Waals surface area contributed by atoms with Crippen LogP contribution in [0.5, 0.6) is 5.75 Å². The molecular formula is C17H21N3O4S. The largest absolute Gasteiger partial charge is 0.495 e. The van der Waals surface area contributed by atoms with Crippen molar-refractivity contribution in [3.8, 4) is 5.75 Å². The number of ether oxygens (including phenoxy) is 1. The number of sulfonamides is 1. The van der Waals surface area contributed by atoms with E-state index in [0.29, 0.717) is 18.8 Å². The van der Waals surface area contributed by atoms with Crippen LogP contribution < -0.4 is 10.1 Å². The smallest absolute Gasteiger partial charge is 0.274 e. The normalized spacial score (nSPS) is 11.4. The second kappa shape index (κ2) is 8.09. The van der Waals surface area contributed by atoms with Gasteiger partial charge in [-0.25, -0.2) is 8.42 Å². The van der Waals surface area contributed by atoms with Crippen molar-refractivity contribution in [2.45, 2.75) is 18.7 Å². The van der Waals surface area contributed by atoms with Crippen LogP contribution in [0, 0.1) is 0 Å². The van der Waals surface area contributed by atoms with E-state index in [1.54, 1.807) is 32.0 Å². The average Bonchev–Trinajstić information content (AvgIpc) is 2.63. The van der Waals surface area contributed by atoms with Crippen molar-refractivity contribution in [1.29, 1.82) is 0 Å². The molecule has 8 heteroatoms. The number of carbonyl (C=O) groups excluding carboxylic acids is 1. The Bertz CT molecular complexity index is 834. The van der Waals surface area contributed by atoms with Crippen molar-refractivity contribution in [2.24, 2.45) is 0 Å². The predicted molar refractivity (Wildman–Crippen MR) is 95.3 cm³/mol.